The van der Waals surface area contributed by atoms with Crippen LogP contribution < -0.4 is 26.4 Å². The van der Waals surface area contributed by atoms with Crippen LogP contribution >= 0.6 is 0 Å². The lowest BCUT2D eigenvalue weighted by molar-refractivity contribution is -0.684. The molecule has 0 aliphatic carbocycles. The van der Waals surface area contributed by atoms with E-state index < -0.39 is 156 Å². The molecule has 26 heteroatoms. The van der Waals surface area contributed by atoms with Crippen molar-refractivity contribution in [2.45, 2.75) is 226 Å². The highest BCUT2D eigenvalue weighted by molar-refractivity contribution is 7.20. The van der Waals surface area contributed by atoms with Crippen LogP contribution in [-0.2, 0) is 25.6 Å². The van der Waals surface area contributed by atoms with Gasteiger partial charge in [-0.05, 0) is 18.4 Å². The number of hydrogen-bond acceptors (Lipinski definition) is 4. The van der Waals surface area contributed by atoms with Crippen molar-refractivity contribution in [2.24, 2.45) is 0 Å². The van der Waals surface area contributed by atoms with Gasteiger partial charge in [-0.2, -0.15) is 0 Å². The van der Waals surface area contributed by atoms with E-state index in [1.807, 2.05) is 65.5 Å². The quantitative estimate of drug-likeness (QED) is 0.00366. The van der Waals surface area contributed by atoms with Crippen molar-refractivity contribution in [1.29, 1.82) is 0 Å². The first kappa shape index (κ1) is 85.2. The molecule has 562 valence electrons. The number of aromatic nitrogens is 1. The number of carbonyl (C=O) groups excluding carboxylic acids is 2. The minimum Gasteiger partial charge on any atom is -0.462 e. The number of carbonyl (C=O) groups is 2. The van der Waals surface area contributed by atoms with Crippen LogP contribution in [0.3, 0.4) is 0 Å². The summed E-state index contributed by atoms with van der Waals surface area (Å²) < 4.78 is 308. The standard InChI is InChI=1S/C52H86NO4.C24BF20/c1-3-5-7-9-11-13-15-17-19-21-23-25-27-29-31-39-45-56-51(54)50(49(48-41-35-33-36-42-48)47-53-43-37-34-38-44-53)52(55)57-46-40-32-30-28-26-24-22-20-18-16-14-12-10-8-6-4-2;26-5-1(6(27)14(35)21(42)13(5)34)25(2-7(28)15(36)22(43)16(37)8(2)29,3-9(30)17(38)23(44)18(39)10(3)31)4-11(32)19(40)24(45)20(41)12(4)33/h33-38,41-44H,3-32,39-40,45-47H2,1-2H3;/q+1;-1. The first-order valence-electron chi connectivity index (χ1n) is 35.2. The Bertz CT molecular complexity index is 3260. The summed E-state index contributed by atoms with van der Waals surface area (Å²) in [4.78, 5) is 27.5. The number of rotatable bonds is 43. The van der Waals surface area contributed by atoms with Gasteiger partial charge in [-0.25, -0.2) is 102 Å². The molecule has 0 amide bonds. The first-order chi connectivity index (χ1) is 48.9. The van der Waals surface area contributed by atoms with Gasteiger partial charge in [0.25, 0.3) is 0 Å². The Hall–Kier alpha value is -7.41. The summed E-state index contributed by atoms with van der Waals surface area (Å²) in [6.45, 7) is 5.55. The molecule has 5 nitrogen and oxygen atoms in total. The van der Waals surface area contributed by atoms with Crippen LogP contribution in [0.15, 0.2) is 66.5 Å². The van der Waals surface area contributed by atoms with Gasteiger partial charge < -0.3 is 9.47 Å². The Morgan fingerprint density at radius 1 is 0.284 bits per heavy atom. The van der Waals surface area contributed by atoms with Gasteiger partial charge in [-0.1, -0.05) is 243 Å². The van der Waals surface area contributed by atoms with Crippen molar-refractivity contribution >= 4 is 45.5 Å². The van der Waals surface area contributed by atoms with Crippen LogP contribution in [0.2, 0.25) is 0 Å². The third-order valence-electron chi connectivity index (χ3n) is 18.1. The van der Waals surface area contributed by atoms with Crippen LogP contribution in [-0.4, -0.2) is 31.3 Å². The molecule has 0 radical (unpaired) electrons. The van der Waals surface area contributed by atoms with E-state index in [1.54, 1.807) is 0 Å². The molecule has 0 N–H and O–H groups in total. The number of unbranched alkanes of at least 4 members (excludes halogenated alkanes) is 30. The largest absolute Gasteiger partial charge is 0.462 e. The van der Waals surface area contributed by atoms with Crippen molar-refractivity contribution < 1.29 is 111 Å². The van der Waals surface area contributed by atoms with Gasteiger partial charge in [0, 0.05) is 17.7 Å². The molecule has 0 atom stereocenters. The summed E-state index contributed by atoms with van der Waals surface area (Å²) in [6, 6.07) is 15.6. The van der Waals surface area contributed by atoms with E-state index in [0.717, 1.165) is 44.1 Å². The SMILES string of the molecule is CCCCCCCCCCCCCCCCCCOC(=O)C(C(=O)OCCCCCCCCCCCCCCCCCC)=C(C[n+]1ccccc1)c1ccccc1.Fc1c(F)c(F)c([B-](c2c(F)c(F)c(F)c(F)c2F)(c2c(F)c(F)c(F)c(F)c2F)c2c(F)c(F)c(F)c(F)c2F)c(F)c1F. The summed E-state index contributed by atoms with van der Waals surface area (Å²) in [6.07, 6.45) is 38.1. The average molecular weight is 1470 g/mol. The zero-order valence-corrected chi connectivity index (χ0v) is 57.2. The Labute approximate surface area is 582 Å². The van der Waals surface area contributed by atoms with Crippen LogP contribution in [0, 0.1) is 116 Å². The highest BCUT2D eigenvalue weighted by Crippen LogP contribution is 2.32. The molecule has 0 saturated carbocycles. The fraction of sp³-hybridized carbons (Fsp3) is 0.487. The smallest absolute Gasteiger partial charge is 0.346 e. The van der Waals surface area contributed by atoms with Gasteiger partial charge >= 0.3 is 11.9 Å². The van der Waals surface area contributed by atoms with Gasteiger partial charge in [0.05, 0.1) is 13.2 Å². The Kier molecular flexibility index (Phi) is 36.5. The lowest BCUT2D eigenvalue weighted by Gasteiger charge is -2.44. The second-order valence-electron chi connectivity index (χ2n) is 25.4. The number of nitrogens with zero attached hydrogens (tertiary/aromatic N) is 1. The van der Waals surface area contributed by atoms with E-state index in [0.29, 0.717) is 25.3 Å². The van der Waals surface area contributed by atoms with Crippen molar-refractivity contribution in [1.82, 2.24) is 0 Å². The average Bonchev–Trinajstić information content (AvgIpc) is 0.682. The molecule has 0 bridgehead atoms. The summed E-state index contributed by atoms with van der Waals surface area (Å²) in [5, 5.41) is 0. The topological polar surface area (TPSA) is 56.5 Å². The second-order valence-corrected chi connectivity index (χ2v) is 25.4. The maximum atomic E-state index is 15.4. The van der Waals surface area contributed by atoms with Gasteiger partial charge in [-0.3, -0.25) is 0 Å². The zero-order chi connectivity index (χ0) is 75.1. The summed E-state index contributed by atoms with van der Waals surface area (Å²) >= 11 is 0. The van der Waals surface area contributed by atoms with Gasteiger partial charge in [0.15, 0.2) is 94.3 Å². The molecule has 0 unspecified atom stereocenters. The molecule has 6 rings (SSSR count). The third kappa shape index (κ3) is 22.3. The molecule has 0 aliphatic rings. The molecule has 0 spiro atoms. The van der Waals surface area contributed by atoms with Gasteiger partial charge in [0.1, 0.15) is 52.7 Å². The molecule has 1 aromatic heterocycles. The number of benzene rings is 5. The lowest BCUT2D eigenvalue weighted by Crippen LogP contribution is -2.81. The second kappa shape index (κ2) is 43.6. The molecule has 0 saturated heterocycles. The molecule has 0 fully saturated rings. The minimum absolute atomic E-state index is 0.0190. The van der Waals surface area contributed by atoms with Crippen molar-refractivity contribution in [3.8, 4) is 0 Å². The summed E-state index contributed by atoms with van der Waals surface area (Å²) in [5.41, 5.74) is -12.9. The molecule has 0 aliphatic heterocycles. The van der Waals surface area contributed by atoms with E-state index in [1.165, 1.54) is 167 Å². The van der Waals surface area contributed by atoms with Crippen LogP contribution in [0.25, 0.3) is 5.57 Å². The molecule has 5 aromatic carbocycles. The summed E-state index contributed by atoms with van der Waals surface area (Å²) in [5.74, 6) is -72.6. The van der Waals surface area contributed by atoms with Crippen LogP contribution in [0.1, 0.15) is 225 Å². The number of pyridine rings is 1. The Balaban J connectivity index is 0.000000376. The van der Waals surface area contributed by atoms with Crippen molar-refractivity contribution in [3.05, 3.63) is 188 Å². The fourth-order valence-electron chi connectivity index (χ4n) is 12.7. The lowest BCUT2D eigenvalue weighted by atomic mass is 9.12. The maximum absolute atomic E-state index is 15.4. The predicted octanol–water partition coefficient (Wildman–Crippen LogP) is 20.9. The number of allylic oxidation sites excluding steroid dienone is 1. The highest BCUT2D eigenvalue weighted by atomic mass is 19.2. The number of halogens is 20. The maximum Gasteiger partial charge on any atom is 0.346 e. The monoisotopic (exact) mass is 1470 g/mol. The predicted molar refractivity (Wildman–Crippen MR) is 350 cm³/mol. The van der Waals surface area contributed by atoms with Crippen molar-refractivity contribution in [2.75, 3.05) is 13.2 Å². The summed E-state index contributed by atoms with van der Waals surface area (Å²) in [7, 11) is 0. The van der Waals surface area contributed by atoms with Gasteiger partial charge in [0.2, 0.25) is 0 Å². The molecule has 6 aromatic rings. The molecule has 102 heavy (non-hydrogen) atoms. The zero-order valence-electron chi connectivity index (χ0n) is 57.2. The number of hydrogen-bond donors (Lipinski definition) is 0. The molecule has 1 heterocycles. The molecular formula is C76H86BF20NO4. The van der Waals surface area contributed by atoms with Crippen molar-refractivity contribution in [3.63, 3.8) is 0 Å². The third-order valence-corrected chi connectivity index (χ3v) is 18.1. The van der Waals surface area contributed by atoms with Crippen LogP contribution in [0.4, 0.5) is 87.8 Å². The number of ether oxygens (including phenoxy) is 2. The highest BCUT2D eigenvalue weighted by Gasteiger charge is 2.52. The molecular weight excluding hydrogens is 1380 g/mol. The van der Waals surface area contributed by atoms with E-state index in [2.05, 4.69) is 13.8 Å². The van der Waals surface area contributed by atoms with E-state index >= 15 is 35.1 Å². The normalized spacial score (nSPS) is 11.5. The van der Waals surface area contributed by atoms with E-state index in [4.69, 9.17) is 9.47 Å². The number of esters is 2. The minimum atomic E-state index is -7.22. The van der Waals surface area contributed by atoms with Crippen LogP contribution in [0.5, 0.6) is 0 Å². The Morgan fingerprint density at radius 2 is 0.490 bits per heavy atom. The first-order valence-corrected chi connectivity index (χ1v) is 35.2. The van der Waals surface area contributed by atoms with E-state index in [9.17, 15) is 62.3 Å². The van der Waals surface area contributed by atoms with Gasteiger partial charge in [-0.15, -0.1) is 21.9 Å². The Morgan fingerprint density at radius 3 is 0.725 bits per heavy atom. The van der Waals surface area contributed by atoms with E-state index in [-0.39, 0.29) is 5.57 Å². The fourth-order valence-corrected chi connectivity index (χ4v) is 12.7.